The third-order valence-corrected chi connectivity index (χ3v) is 4.83. The van der Waals surface area contributed by atoms with E-state index in [-0.39, 0.29) is 5.92 Å². The third-order valence-electron chi connectivity index (χ3n) is 2.79. The van der Waals surface area contributed by atoms with Gasteiger partial charge in [-0.25, -0.2) is 4.79 Å². The highest BCUT2D eigenvalue weighted by Crippen LogP contribution is 2.54. The van der Waals surface area contributed by atoms with E-state index in [0.29, 0.717) is 12.0 Å². The smallest absolute Gasteiger partial charge is 0.370 e. The Morgan fingerprint density at radius 3 is 2.15 bits per heavy atom. The molecule has 20 heavy (non-hydrogen) atoms. The van der Waals surface area contributed by atoms with Gasteiger partial charge in [-0.2, -0.15) is 0 Å². The molecule has 0 aliphatic carbocycles. The van der Waals surface area contributed by atoms with Crippen molar-refractivity contribution in [2.45, 2.75) is 26.1 Å². The molecule has 1 atom stereocenters. The summed E-state index contributed by atoms with van der Waals surface area (Å²) in [6.07, 6.45) is 0.400. The van der Waals surface area contributed by atoms with Crippen LogP contribution in [0.4, 0.5) is 0 Å². The lowest BCUT2D eigenvalue weighted by molar-refractivity contribution is 0.0349. The number of hydrogen-bond acceptors (Lipinski definition) is 5. The average Bonchev–Trinajstić information content (AvgIpc) is 2.46. The molecule has 0 fully saturated rings. The van der Waals surface area contributed by atoms with Gasteiger partial charge in [0.2, 0.25) is 5.85 Å². The zero-order valence-corrected chi connectivity index (χ0v) is 13.1. The number of hydrogen-bond donors (Lipinski definition) is 0. The van der Waals surface area contributed by atoms with Crippen molar-refractivity contribution < 1.29 is 23.1 Å². The normalized spacial score (nSPS) is 13.2. The molecule has 5 nitrogen and oxygen atoms in total. The summed E-state index contributed by atoms with van der Waals surface area (Å²) >= 11 is 0. The summed E-state index contributed by atoms with van der Waals surface area (Å²) in [6.45, 7) is 3.89. The molecule has 0 N–H and O–H groups in total. The van der Waals surface area contributed by atoms with Crippen molar-refractivity contribution in [3.8, 4) is 0 Å². The van der Waals surface area contributed by atoms with Crippen molar-refractivity contribution in [1.82, 2.24) is 0 Å². The minimum atomic E-state index is -3.46. The van der Waals surface area contributed by atoms with E-state index in [1.54, 1.807) is 30.3 Å². The maximum Gasteiger partial charge on any atom is 0.370 e. The first-order valence-corrected chi connectivity index (χ1v) is 8.01. The first kappa shape index (κ1) is 16.9. The van der Waals surface area contributed by atoms with E-state index in [9.17, 15) is 9.36 Å². The maximum atomic E-state index is 12.4. The van der Waals surface area contributed by atoms with Gasteiger partial charge in [0.05, 0.1) is 5.56 Å². The first-order valence-electron chi connectivity index (χ1n) is 6.40. The SMILES string of the molecule is COP(=O)(OC)C(CC(C)C)OC(=O)c1ccccc1. The van der Waals surface area contributed by atoms with Crippen LogP contribution >= 0.6 is 7.60 Å². The molecule has 0 aliphatic heterocycles. The largest absolute Gasteiger partial charge is 0.446 e. The Balaban J connectivity index is 2.90. The van der Waals surface area contributed by atoms with Crippen LogP contribution in [0.2, 0.25) is 0 Å². The monoisotopic (exact) mass is 300 g/mol. The van der Waals surface area contributed by atoms with Crippen LogP contribution in [-0.2, 0) is 18.3 Å². The van der Waals surface area contributed by atoms with Crippen molar-refractivity contribution in [2.75, 3.05) is 14.2 Å². The van der Waals surface area contributed by atoms with E-state index in [0.717, 1.165) is 0 Å². The molecule has 0 spiro atoms. The van der Waals surface area contributed by atoms with Crippen LogP contribution < -0.4 is 0 Å². The predicted molar refractivity (Wildman–Crippen MR) is 76.7 cm³/mol. The maximum absolute atomic E-state index is 12.4. The highest BCUT2D eigenvalue weighted by atomic mass is 31.2. The number of esters is 1. The summed E-state index contributed by atoms with van der Waals surface area (Å²) in [7, 11) is -0.891. The molecule has 0 radical (unpaired) electrons. The van der Waals surface area contributed by atoms with Gasteiger partial charge in [0.15, 0.2) is 0 Å². The number of carbonyl (C=O) groups is 1. The van der Waals surface area contributed by atoms with E-state index in [2.05, 4.69) is 0 Å². The molecule has 112 valence electrons. The Morgan fingerprint density at radius 2 is 1.70 bits per heavy atom. The minimum absolute atomic E-state index is 0.183. The summed E-state index contributed by atoms with van der Waals surface area (Å²) in [5.74, 6) is -1.27. The van der Waals surface area contributed by atoms with Gasteiger partial charge < -0.3 is 13.8 Å². The van der Waals surface area contributed by atoms with Gasteiger partial charge in [0.1, 0.15) is 0 Å². The highest BCUT2D eigenvalue weighted by molar-refractivity contribution is 7.54. The van der Waals surface area contributed by atoms with Crippen LogP contribution in [0.15, 0.2) is 30.3 Å². The minimum Gasteiger partial charge on any atom is -0.446 e. The fourth-order valence-corrected chi connectivity index (χ4v) is 3.24. The molecule has 0 bridgehead atoms. The molecule has 1 rings (SSSR count). The standard InChI is InChI=1S/C14H21O5P/c1-11(2)10-13(20(16,17-3)18-4)19-14(15)12-8-6-5-7-9-12/h5-9,11,13H,10H2,1-4H3. The van der Waals surface area contributed by atoms with E-state index in [1.165, 1.54) is 14.2 Å². The van der Waals surface area contributed by atoms with Crippen molar-refractivity contribution in [3.05, 3.63) is 35.9 Å². The predicted octanol–water partition coefficient (Wildman–Crippen LogP) is 3.70. The van der Waals surface area contributed by atoms with Gasteiger partial charge in [0, 0.05) is 14.2 Å². The summed E-state index contributed by atoms with van der Waals surface area (Å²) in [4.78, 5) is 12.1. The average molecular weight is 300 g/mol. The van der Waals surface area contributed by atoms with Crippen LogP contribution in [0.5, 0.6) is 0 Å². The van der Waals surface area contributed by atoms with E-state index in [1.807, 2.05) is 13.8 Å². The van der Waals surface area contributed by atoms with Crippen molar-refractivity contribution >= 4 is 13.6 Å². The van der Waals surface area contributed by atoms with Gasteiger partial charge in [-0.15, -0.1) is 0 Å². The molecular weight excluding hydrogens is 279 g/mol. The van der Waals surface area contributed by atoms with Gasteiger partial charge in [-0.1, -0.05) is 32.0 Å². The van der Waals surface area contributed by atoms with Gasteiger partial charge in [-0.05, 0) is 24.5 Å². The molecule has 1 aromatic carbocycles. The van der Waals surface area contributed by atoms with Crippen LogP contribution in [0, 0.1) is 5.92 Å². The van der Waals surface area contributed by atoms with E-state index >= 15 is 0 Å². The number of ether oxygens (including phenoxy) is 1. The fraction of sp³-hybridized carbons (Fsp3) is 0.500. The Kier molecular flexibility index (Phi) is 6.40. The topological polar surface area (TPSA) is 61.8 Å². The quantitative estimate of drug-likeness (QED) is 0.567. The molecule has 6 heteroatoms. The van der Waals surface area contributed by atoms with Crippen LogP contribution in [0.1, 0.15) is 30.6 Å². The molecule has 0 saturated heterocycles. The molecule has 1 unspecified atom stereocenters. The zero-order chi connectivity index (χ0) is 15.2. The van der Waals surface area contributed by atoms with Crippen LogP contribution in [0.3, 0.4) is 0 Å². The molecule has 1 aromatic rings. The van der Waals surface area contributed by atoms with E-state index in [4.69, 9.17) is 13.8 Å². The van der Waals surface area contributed by atoms with Gasteiger partial charge in [0.25, 0.3) is 0 Å². The first-order chi connectivity index (χ1) is 9.42. The summed E-state index contributed by atoms with van der Waals surface area (Å²) in [5, 5.41) is 0. The summed E-state index contributed by atoms with van der Waals surface area (Å²) in [5.41, 5.74) is 0.403. The number of benzene rings is 1. The number of rotatable bonds is 7. The van der Waals surface area contributed by atoms with Crippen molar-refractivity contribution in [2.24, 2.45) is 5.92 Å². The second kappa shape index (κ2) is 7.58. The third kappa shape index (κ3) is 4.44. The van der Waals surface area contributed by atoms with Crippen LogP contribution in [-0.4, -0.2) is 26.0 Å². The lowest BCUT2D eigenvalue weighted by atomic mass is 10.1. The van der Waals surface area contributed by atoms with Crippen LogP contribution in [0.25, 0.3) is 0 Å². The Hall–Kier alpha value is -1.16. The fourth-order valence-electron chi connectivity index (χ4n) is 1.72. The molecule has 0 aromatic heterocycles. The lowest BCUT2D eigenvalue weighted by Gasteiger charge is -2.25. The molecule has 0 saturated carbocycles. The Morgan fingerprint density at radius 1 is 1.15 bits per heavy atom. The molecule has 0 heterocycles. The van der Waals surface area contributed by atoms with Gasteiger partial charge in [-0.3, -0.25) is 4.57 Å². The van der Waals surface area contributed by atoms with Gasteiger partial charge >= 0.3 is 13.6 Å². The Labute approximate surface area is 119 Å². The van der Waals surface area contributed by atoms with Crippen molar-refractivity contribution in [1.29, 1.82) is 0 Å². The summed E-state index contributed by atoms with van der Waals surface area (Å²) < 4.78 is 27.7. The Bertz CT molecular complexity index is 464. The second-order valence-electron chi connectivity index (χ2n) is 4.76. The van der Waals surface area contributed by atoms with E-state index < -0.39 is 19.4 Å². The molecule has 0 aliphatic rings. The molecular formula is C14H21O5P. The zero-order valence-electron chi connectivity index (χ0n) is 12.2. The highest BCUT2D eigenvalue weighted by Gasteiger charge is 2.38. The lowest BCUT2D eigenvalue weighted by Crippen LogP contribution is -2.22. The van der Waals surface area contributed by atoms with Crippen molar-refractivity contribution in [3.63, 3.8) is 0 Å². The number of carbonyl (C=O) groups excluding carboxylic acids is 1. The molecule has 0 amide bonds. The summed E-state index contributed by atoms with van der Waals surface area (Å²) in [6, 6.07) is 8.55. The second-order valence-corrected chi connectivity index (χ2v) is 7.15.